The van der Waals surface area contributed by atoms with E-state index < -0.39 is 5.41 Å². The van der Waals surface area contributed by atoms with Gasteiger partial charge < -0.3 is 5.32 Å². The Morgan fingerprint density at radius 1 is 1.27 bits per heavy atom. The minimum absolute atomic E-state index is 0.00596. The molecule has 3 aromatic rings. The Balaban J connectivity index is 2.13. The van der Waals surface area contributed by atoms with E-state index in [9.17, 15) is 4.79 Å². The van der Waals surface area contributed by atoms with E-state index in [1.165, 1.54) is 0 Å². The summed E-state index contributed by atoms with van der Waals surface area (Å²) >= 11 is 3.58. The number of nitrogens with zero attached hydrogens (tertiary/aromatic N) is 3. The van der Waals surface area contributed by atoms with Crippen molar-refractivity contribution in [2.24, 2.45) is 5.41 Å². The number of anilines is 1. The third-order valence-corrected chi connectivity index (χ3v) is 6.07. The van der Waals surface area contributed by atoms with Gasteiger partial charge in [-0.15, -0.1) is 0 Å². The monoisotopic (exact) mass is 414 g/mol. The van der Waals surface area contributed by atoms with Crippen LogP contribution in [0.15, 0.2) is 34.9 Å². The fourth-order valence-electron chi connectivity index (χ4n) is 2.75. The van der Waals surface area contributed by atoms with Gasteiger partial charge in [-0.3, -0.25) is 9.78 Å². The number of rotatable bonds is 4. The fourth-order valence-corrected chi connectivity index (χ4v) is 3.00. The number of nitrogens with one attached hydrogen (secondary N) is 1. The lowest BCUT2D eigenvalue weighted by atomic mass is 9.89. The van der Waals surface area contributed by atoms with Gasteiger partial charge in [0.2, 0.25) is 5.91 Å². The summed E-state index contributed by atoms with van der Waals surface area (Å²) in [5, 5.41) is 8.62. The van der Waals surface area contributed by atoms with Crippen molar-refractivity contribution in [3.8, 4) is 5.69 Å². The second kappa shape index (κ2) is 6.83. The number of aromatic nitrogens is 3. The first-order valence-corrected chi connectivity index (χ1v) is 9.47. The van der Waals surface area contributed by atoms with Crippen LogP contribution < -0.4 is 5.32 Å². The predicted molar refractivity (Wildman–Crippen MR) is 109 cm³/mol. The van der Waals surface area contributed by atoms with Gasteiger partial charge in [-0.25, -0.2) is 4.68 Å². The minimum Gasteiger partial charge on any atom is -0.324 e. The molecular formula is C20H23BrN4O. The van der Waals surface area contributed by atoms with E-state index in [2.05, 4.69) is 31.3 Å². The first-order valence-electron chi connectivity index (χ1n) is 8.67. The smallest absolute Gasteiger partial charge is 0.230 e. The van der Waals surface area contributed by atoms with E-state index in [-0.39, 0.29) is 5.91 Å². The molecule has 6 heteroatoms. The van der Waals surface area contributed by atoms with Crippen molar-refractivity contribution in [2.75, 3.05) is 5.32 Å². The Kier molecular flexibility index (Phi) is 4.88. The maximum Gasteiger partial charge on any atom is 0.230 e. The van der Waals surface area contributed by atoms with Crippen LogP contribution in [0.5, 0.6) is 0 Å². The van der Waals surface area contributed by atoms with Crippen molar-refractivity contribution in [2.45, 2.75) is 41.0 Å². The summed E-state index contributed by atoms with van der Waals surface area (Å²) in [5.41, 5.74) is 3.94. The lowest BCUT2D eigenvalue weighted by molar-refractivity contribution is -0.124. The summed E-state index contributed by atoms with van der Waals surface area (Å²) in [6.07, 6.45) is 2.51. The molecule has 0 bridgehead atoms. The fraction of sp³-hybridized carbons (Fsp3) is 0.350. The topological polar surface area (TPSA) is 59.8 Å². The van der Waals surface area contributed by atoms with Gasteiger partial charge >= 0.3 is 0 Å². The van der Waals surface area contributed by atoms with Crippen LogP contribution in [0.1, 0.15) is 38.6 Å². The number of hydrogen-bond donors (Lipinski definition) is 1. The Morgan fingerprint density at radius 2 is 2.00 bits per heavy atom. The molecule has 1 N–H and O–H groups in total. The first-order chi connectivity index (χ1) is 12.3. The van der Waals surface area contributed by atoms with Crippen LogP contribution in [0.2, 0.25) is 0 Å². The molecule has 0 aliphatic heterocycles. The number of amides is 1. The molecule has 0 aliphatic rings. The molecule has 136 valence electrons. The van der Waals surface area contributed by atoms with Gasteiger partial charge in [-0.05, 0) is 60.5 Å². The van der Waals surface area contributed by atoms with Gasteiger partial charge in [0.15, 0.2) is 0 Å². The second-order valence-electron chi connectivity index (χ2n) is 7.12. The van der Waals surface area contributed by atoms with Gasteiger partial charge in [0.1, 0.15) is 0 Å². The van der Waals surface area contributed by atoms with Crippen LogP contribution >= 0.6 is 15.9 Å². The molecule has 0 unspecified atom stereocenters. The minimum atomic E-state index is -0.430. The summed E-state index contributed by atoms with van der Waals surface area (Å²) in [6.45, 7) is 9.89. The van der Waals surface area contributed by atoms with Crippen LogP contribution in [-0.2, 0) is 4.79 Å². The third kappa shape index (κ3) is 3.14. The van der Waals surface area contributed by atoms with Crippen molar-refractivity contribution in [1.29, 1.82) is 0 Å². The number of pyridine rings is 1. The van der Waals surface area contributed by atoms with Crippen molar-refractivity contribution < 1.29 is 4.79 Å². The van der Waals surface area contributed by atoms with E-state index in [0.717, 1.165) is 44.6 Å². The van der Waals surface area contributed by atoms with E-state index in [1.807, 2.05) is 63.6 Å². The molecule has 0 aliphatic carbocycles. The molecular weight excluding hydrogens is 392 g/mol. The Morgan fingerprint density at radius 3 is 2.62 bits per heavy atom. The number of carbonyl (C=O) groups excluding carboxylic acids is 1. The molecule has 3 rings (SSSR count). The molecule has 0 atom stereocenters. The molecule has 0 spiro atoms. The summed E-state index contributed by atoms with van der Waals surface area (Å²) in [7, 11) is 0. The van der Waals surface area contributed by atoms with Crippen LogP contribution in [0.3, 0.4) is 0 Å². The zero-order valence-electron chi connectivity index (χ0n) is 15.7. The zero-order valence-corrected chi connectivity index (χ0v) is 17.3. The number of hydrogen-bond acceptors (Lipinski definition) is 3. The SMILES string of the molecule is CCC(C)(C)C(=O)Nc1ccc(-n2nc(C)c(Br)c2C)c2cccnc12. The lowest BCUT2D eigenvalue weighted by Crippen LogP contribution is -2.30. The second-order valence-corrected chi connectivity index (χ2v) is 7.91. The van der Waals surface area contributed by atoms with Gasteiger partial charge in [0, 0.05) is 17.0 Å². The van der Waals surface area contributed by atoms with E-state index >= 15 is 0 Å². The summed E-state index contributed by atoms with van der Waals surface area (Å²) < 4.78 is 2.90. The number of carbonyl (C=O) groups is 1. The number of fused-ring (bicyclic) bond motifs is 1. The number of benzene rings is 1. The normalized spacial score (nSPS) is 11.8. The van der Waals surface area contributed by atoms with Gasteiger partial charge in [-0.1, -0.05) is 20.8 Å². The highest BCUT2D eigenvalue weighted by atomic mass is 79.9. The standard InChI is InChI=1S/C20H23BrN4O/c1-6-20(4,5)19(26)23-15-9-10-16(14-8-7-11-22-18(14)15)25-13(3)17(21)12(2)24-25/h7-11H,6H2,1-5H3,(H,23,26). The van der Waals surface area contributed by atoms with Crippen molar-refractivity contribution in [3.63, 3.8) is 0 Å². The number of aryl methyl sites for hydroxylation is 1. The Hall–Kier alpha value is -2.21. The van der Waals surface area contributed by atoms with Gasteiger partial charge in [0.05, 0.1) is 32.8 Å². The molecule has 0 saturated carbocycles. The van der Waals surface area contributed by atoms with Gasteiger partial charge in [-0.2, -0.15) is 5.10 Å². The largest absolute Gasteiger partial charge is 0.324 e. The molecule has 0 radical (unpaired) electrons. The maximum absolute atomic E-state index is 12.6. The zero-order chi connectivity index (χ0) is 19.1. The molecule has 5 nitrogen and oxygen atoms in total. The highest BCUT2D eigenvalue weighted by Gasteiger charge is 2.26. The highest BCUT2D eigenvalue weighted by molar-refractivity contribution is 9.10. The van der Waals surface area contributed by atoms with Crippen LogP contribution in [-0.4, -0.2) is 20.7 Å². The molecule has 0 saturated heterocycles. The van der Waals surface area contributed by atoms with E-state index in [1.54, 1.807) is 6.20 Å². The molecule has 2 aromatic heterocycles. The average Bonchev–Trinajstić information content (AvgIpc) is 2.89. The summed E-state index contributed by atoms with van der Waals surface area (Å²) in [4.78, 5) is 17.1. The highest BCUT2D eigenvalue weighted by Crippen LogP contribution is 2.31. The van der Waals surface area contributed by atoms with Crippen LogP contribution in [0, 0.1) is 19.3 Å². The number of halogens is 1. The van der Waals surface area contributed by atoms with E-state index in [0.29, 0.717) is 0 Å². The van der Waals surface area contributed by atoms with Crippen molar-refractivity contribution in [3.05, 3.63) is 46.3 Å². The molecule has 2 heterocycles. The average molecular weight is 415 g/mol. The Bertz CT molecular complexity index is 991. The van der Waals surface area contributed by atoms with E-state index in [4.69, 9.17) is 0 Å². The third-order valence-electron chi connectivity index (χ3n) is 4.92. The van der Waals surface area contributed by atoms with Crippen molar-refractivity contribution in [1.82, 2.24) is 14.8 Å². The predicted octanol–water partition coefficient (Wildman–Crippen LogP) is 5.17. The van der Waals surface area contributed by atoms with Gasteiger partial charge in [0.25, 0.3) is 0 Å². The first kappa shape index (κ1) is 18.6. The van der Waals surface area contributed by atoms with Crippen LogP contribution in [0.25, 0.3) is 16.6 Å². The molecule has 26 heavy (non-hydrogen) atoms. The maximum atomic E-state index is 12.6. The lowest BCUT2D eigenvalue weighted by Gasteiger charge is -2.22. The molecule has 1 aromatic carbocycles. The quantitative estimate of drug-likeness (QED) is 0.639. The molecule has 1 amide bonds. The van der Waals surface area contributed by atoms with Crippen LogP contribution in [0.4, 0.5) is 5.69 Å². The summed E-state index contributed by atoms with van der Waals surface area (Å²) in [6, 6.07) is 7.78. The van der Waals surface area contributed by atoms with Crippen molar-refractivity contribution >= 4 is 38.4 Å². The Labute approximate surface area is 161 Å². The molecule has 0 fully saturated rings. The summed E-state index contributed by atoms with van der Waals surface area (Å²) in [5.74, 6) is -0.00596.